The number of piperidine rings is 1. The van der Waals surface area contributed by atoms with Crippen LogP contribution in [0.4, 0.5) is 18.0 Å². The molecule has 2 atom stereocenters. The van der Waals surface area contributed by atoms with Crippen molar-refractivity contribution in [1.29, 1.82) is 0 Å². The van der Waals surface area contributed by atoms with E-state index in [1.807, 2.05) is 0 Å². The molecular formula is C10H15F3N2O3. The second kappa shape index (κ2) is 5.45. The van der Waals surface area contributed by atoms with Crippen LogP contribution in [-0.4, -0.2) is 47.3 Å². The number of nitrogens with zero attached hydrogens (tertiary/aromatic N) is 1. The molecule has 0 spiro atoms. The number of hydrogen-bond acceptors (Lipinski definition) is 2. The molecule has 0 aromatic carbocycles. The van der Waals surface area contributed by atoms with Crippen LogP contribution >= 0.6 is 0 Å². The van der Waals surface area contributed by atoms with Gasteiger partial charge in [-0.1, -0.05) is 6.92 Å². The van der Waals surface area contributed by atoms with E-state index < -0.39 is 30.8 Å². The highest BCUT2D eigenvalue weighted by Crippen LogP contribution is 2.23. The lowest BCUT2D eigenvalue weighted by Crippen LogP contribution is -2.55. The highest BCUT2D eigenvalue weighted by molar-refractivity contribution is 5.83. The van der Waals surface area contributed by atoms with Crippen LogP contribution in [-0.2, 0) is 4.79 Å². The fourth-order valence-corrected chi connectivity index (χ4v) is 2.07. The summed E-state index contributed by atoms with van der Waals surface area (Å²) in [5.74, 6) is -1.46. The van der Waals surface area contributed by atoms with E-state index >= 15 is 0 Å². The minimum Gasteiger partial charge on any atom is -0.480 e. The van der Waals surface area contributed by atoms with Gasteiger partial charge in [-0.05, 0) is 18.8 Å². The Morgan fingerprint density at radius 2 is 2.06 bits per heavy atom. The second-order valence-corrected chi connectivity index (χ2v) is 4.37. The number of carboxylic acid groups (broad SMARTS) is 1. The molecule has 1 aliphatic rings. The quantitative estimate of drug-likeness (QED) is 0.796. The van der Waals surface area contributed by atoms with Gasteiger partial charge in [0.05, 0.1) is 0 Å². The third-order valence-electron chi connectivity index (χ3n) is 2.89. The molecule has 5 nitrogen and oxygen atoms in total. The number of amides is 2. The van der Waals surface area contributed by atoms with Crippen LogP contribution in [0, 0.1) is 5.92 Å². The van der Waals surface area contributed by atoms with Crippen LogP contribution < -0.4 is 5.32 Å². The Morgan fingerprint density at radius 1 is 1.44 bits per heavy atom. The highest BCUT2D eigenvalue weighted by atomic mass is 19.4. The average Bonchev–Trinajstić information content (AvgIpc) is 2.24. The van der Waals surface area contributed by atoms with Crippen molar-refractivity contribution in [3.63, 3.8) is 0 Å². The van der Waals surface area contributed by atoms with Crippen molar-refractivity contribution in [3.8, 4) is 0 Å². The first-order valence-corrected chi connectivity index (χ1v) is 5.56. The first kappa shape index (κ1) is 14.6. The van der Waals surface area contributed by atoms with Gasteiger partial charge in [0.25, 0.3) is 0 Å². The lowest BCUT2D eigenvalue weighted by atomic mass is 9.91. The number of carbonyl (C=O) groups excluding carboxylic acids is 1. The normalized spacial score (nSPS) is 24.8. The van der Waals surface area contributed by atoms with Crippen molar-refractivity contribution < 1.29 is 27.9 Å². The van der Waals surface area contributed by atoms with E-state index in [4.69, 9.17) is 5.11 Å². The molecule has 1 aliphatic heterocycles. The maximum atomic E-state index is 12.0. The van der Waals surface area contributed by atoms with Gasteiger partial charge in [-0.25, -0.2) is 9.59 Å². The summed E-state index contributed by atoms with van der Waals surface area (Å²) in [6.07, 6.45) is -3.28. The largest absolute Gasteiger partial charge is 0.480 e. The smallest absolute Gasteiger partial charge is 0.405 e. The van der Waals surface area contributed by atoms with E-state index in [-0.39, 0.29) is 12.5 Å². The summed E-state index contributed by atoms with van der Waals surface area (Å²) in [5, 5.41) is 10.7. The molecule has 1 rings (SSSR count). The molecule has 0 aromatic heterocycles. The summed E-state index contributed by atoms with van der Waals surface area (Å²) in [5.41, 5.74) is 0. The van der Waals surface area contributed by atoms with Gasteiger partial charge < -0.3 is 15.3 Å². The van der Waals surface area contributed by atoms with Crippen LogP contribution in [0.5, 0.6) is 0 Å². The number of nitrogens with one attached hydrogen (secondary N) is 1. The van der Waals surface area contributed by atoms with E-state index in [9.17, 15) is 22.8 Å². The number of carboxylic acids is 1. The van der Waals surface area contributed by atoms with E-state index in [2.05, 4.69) is 0 Å². The van der Waals surface area contributed by atoms with Crippen molar-refractivity contribution in [2.45, 2.75) is 32.0 Å². The Morgan fingerprint density at radius 3 is 2.56 bits per heavy atom. The summed E-state index contributed by atoms with van der Waals surface area (Å²) in [6, 6.07) is -2.04. The fraction of sp³-hybridized carbons (Fsp3) is 0.800. The molecule has 2 amide bonds. The zero-order valence-corrected chi connectivity index (χ0v) is 9.83. The van der Waals surface area contributed by atoms with Gasteiger partial charge in [0, 0.05) is 6.54 Å². The van der Waals surface area contributed by atoms with Crippen LogP contribution in [0.2, 0.25) is 0 Å². The number of urea groups is 1. The molecule has 1 heterocycles. The molecule has 0 radical (unpaired) electrons. The van der Waals surface area contributed by atoms with Gasteiger partial charge in [-0.2, -0.15) is 13.2 Å². The SMILES string of the molecule is CC1CCCN(C(=O)NCC(F)(F)F)C1C(=O)O. The predicted molar refractivity (Wildman–Crippen MR) is 56.0 cm³/mol. The third kappa shape index (κ3) is 3.78. The number of likely N-dealkylation sites (tertiary alicyclic amines) is 1. The summed E-state index contributed by atoms with van der Waals surface area (Å²) in [6.45, 7) is 0.371. The second-order valence-electron chi connectivity index (χ2n) is 4.37. The average molecular weight is 268 g/mol. The maximum Gasteiger partial charge on any atom is 0.405 e. The predicted octanol–water partition coefficient (Wildman–Crippen LogP) is 1.44. The van der Waals surface area contributed by atoms with Gasteiger partial charge in [-0.3, -0.25) is 0 Å². The van der Waals surface area contributed by atoms with Gasteiger partial charge in [0.15, 0.2) is 0 Å². The Bertz CT molecular complexity index is 333. The number of hydrogen-bond donors (Lipinski definition) is 2. The zero-order valence-electron chi connectivity index (χ0n) is 9.83. The van der Waals surface area contributed by atoms with Crippen LogP contribution in [0.1, 0.15) is 19.8 Å². The van der Waals surface area contributed by atoms with Gasteiger partial charge in [0.2, 0.25) is 0 Å². The van der Waals surface area contributed by atoms with E-state index in [0.717, 1.165) is 4.90 Å². The lowest BCUT2D eigenvalue weighted by molar-refractivity contribution is -0.145. The number of halogens is 3. The fourth-order valence-electron chi connectivity index (χ4n) is 2.07. The Labute approximate surface area is 102 Å². The first-order chi connectivity index (χ1) is 8.22. The topological polar surface area (TPSA) is 69.6 Å². The summed E-state index contributed by atoms with van der Waals surface area (Å²) >= 11 is 0. The molecule has 2 N–H and O–H groups in total. The van der Waals surface area contributed by atoms with E-state index in [1.165, 1.54) is 0 Å². The van der Waals surface area contributed by atoms with Gasteiger partial charge >= 0.3 is 18.2 Å². The molecule has 0 aromatic rings. The Kier molecular flexibility index (Phi) is 4.42. The van der Waals surface area contributed by atoms with Gasteiger partial charge in [-0.15, -0.1) is 0 Å². The number of carbonyl (C=O) groups is 2. The minimum atomic E-state index is -4.50. The highest BCUT2D eigenvalue weighted by Gasteiger charge is 2.38. The monoisotopic (exact) mass is 268 g/mol. The Balaban J connectivity index is 2.67. The molecule has 0 aliphatic carbocycles. The van der Waals surface area contributed by atoms with Crippen molar-refractivity contribution in [2.24, 2.45) is 5.92 Å². The molecule has 0 saturated carbocycles. The first-order valence-electron chi connectivity index (χ1n) is 5.56. The molecule has 104 valence electrons. The van der Waals surface area contributed by atoms with E-state index in [1.54, 1.807) is 12.2 Å². The molecule has 0 bridgehead atoms. The molecule has 2 unspecified atom stereocenters. The molecule has 8 heteroatoms. The van der Waals surface area contributed by atoms with Crippen LogP contribution in [0.25, 0.3) is 0 Å². The standard InChI is InChI=1S/C10H15F3N2O3/c1-6-3-2-4-15(7(6)8(16)17)9(18)14-5-10(11,12)13/h6-7H,2-5H2,1H3,(H,14,18)(H,16,17). The summed E-state index contributed by atoms with van der Waals surface area (Å²) in [7, 11) is 0. The van der Waals surface area contributed by atoms with Crippen molar-refractivity contribution >= 4 is 12.0 Å². The molecule has 18 heavy (non-hydrogen) atoms. The van der Waals surface area contributed by atoms with Crippen molar-refractivity contribution in [2.75, 3.05) is 13.1 Å². The molecule has 1 saturated heterocycles. The molecular weight excluding hydrogens is 253 g/mol. The number of aliphatic carboxylic acids is 1. The van der Waals surface area contributed by atoms with E-state index in [0.29, 0.717) is 12.8 Å². The lowest BCUT2D eigenvalue weighted by Gasteiger charge is -2.37. The van der Waals surface area contributed by atoms with Gasteiger partial charge in [0.1, 0.15) is 12.6 Å². The van der Waals surface area contributed by atoms with Crippen LogP contribution in [0.3, 0.4) is 0 Å². The zero-order chi connectivity index (χ0) is 13.9. The molecule has 1 fully saturated rings. The minimum absolute atomic E-state index is 0.158. The van der Waals surface area contributed by atoms with Crippen molar-refractivity contribution in [1.82, 2.24) is 10.2 Å². The number of rotatable bonds is 2. The summed E-state index contributed by atoms with van der Waals surface area (Å²) in [4.78, 5) is 23.6. The van der Waals surface area contributed by atoms with Crippen LogP contribution in [0.15, 0.2) is 0 Å². The Hall–Kier alpha value is -1.47. The third-order valence-corrected chi connectivity index (χ3v) is 2.89. The van der Waals surface area contributed by atoms with Crippen molar-refractivity contribution in [3.05, 3.63) is 0 Å². The number of alkyl halides is 3. The summed E-state index contributed by atoms with van der Waals surface area (Å²) < 4.78 is 35.9. The maximum absolute atomic E-state index is 12.0.